The maximum Gasteiger partial charge on any atom is 0.150 e. The Morgan fingerprint density at radius 1 is 1.30 bits per heavy atom. The number of hydrogen-bond acceptors (Lipinski definition) is 3. The number of fused-ring (bicyclic) bond motifs is 1. The molecular formula is C16H11N3O. The molecule has 4 nitrogen and oxygen atoms in total. The normalized spacial score (nSPS) is 10.4. The number of nitriles is 1. The maximum absolute atomic E-state index is 11.4. The van der Waals surface area contributed by atoms with Crippen LogP contribution in [0.5, 0.6) is 0 Å². The smallest absolute Gasteiger partial charge is 0.150 e. The molecule has 0 aliphatic heterocycles. The quantitative estimate of drug-likeness (QED) is 0.666. The minimum Gasteiger partial charge on any atom is -0.298 e. The van der Waals surface area contributed by atoms with E-state index in [1.807, 2.05) is 30.3 Å². The highest BCUT2D eigenvalue weighted by Crippen LogP contribution is 2.32. The van der Waals surface area contributed by atoms with Gasteiger partial charge in [0, 0.05) is 29.8 Å². The molecule has 96 valence electrons. The average Bonchev–Trinajstić information content (AvgIpc) is 2.90. The molecule has 4 heteroatoms. The summed E-state index contributed by atoms with van der Waals surface area (Å²) in [5.74, 6) is 0. The van der Waals surface area contributed by atoms with Crippen molar-refractivity contribution in [2.45, 2.75) is 0 Å². The predicted molar refractivity (Wildman–Crippen MR) is 76.3 cm³/mol. The van der Waals surface area contributed by atoms with E-state index in [0.717, 1.165) is 22.8 Å². The molecule has 3 rings (SSSR count). The van der Waals surface area contributed by atoms with Gasteiger partial charge in [-0.3, -0.25) is 9.48 Å². The molecule has 0 fully saturated rings. The summed E-state index contributed by atoms with van der Waals surface area (Å²) in [6.45, 7) is 0. The molecule has 0 unspecified atom stereocenters. The SMILES string of the molecule is Cn1nccc1-c1c(C=O)cc2ccccc2c1C#N. The van der Waals surface area contributed by atoms with Crippen LogP contribution in [0.4, 0.5) is 0 Å². The van der Waals surface area contributed by atoms with Crippen LogP contribution in [-0.4, -0.2) is 16.1 Å². The number of carbonyl (C=O) groups excluding carboxylic acids is 1. The van der Waals surface area contributed by atoms with Gasteiger partial charge in [0.15, 0.2) is 6.29 Å². The Hall–Kier alpha value is -2.93. The first-order valence-electron chi connectivity index (χ1n) is 6.15. The van der Waals surface area contributed by atoms with Crippen LogP contribution in [0.3, 0.4) is 0 Å². The molecule has 1 heterocycles. The molecule has 0 aliphatic carbocycles. The maximum atomic E-state index is 11.4. The number of benzene rings is 2. The molecule has 0 saturated carbocycles. The molecule has 1 aromatic heterocycles. The summed E-state index contributed by atoms with van der Waals surface area (Å²) in [5.41, 5.74) is 2.41. The third-order valence-electron chi connectivity index (χ3n) is 3.40. The Balaban J connectivity index is 2.50. The number of rotatable bonds is 2. The minimum absolute atomic E-state index is 0.504. The van der Waals surface area contributed by atoms with E-state index in [1.165, 1.54) is 0 Å². The molecule has 0 aliphatic rings. The molecule has 20 heavy (non-hydrogen) atoms. The lowest BCUT2D eigenvalue weighted by atomic mass is 9.93. The Morgan fingerprint density at radius 3 is 2.75 bits per heavy atom. The Kier molecular flexibility index (Phi) is 2.81. The van der Waals surface area contributed by atoms with E-state index in [9.17, 15) is 10.1 Å². The van der Waals surface area contributed by atoms with Crippen LogP contribution in [0, 0.1) is 11.3 Å². The van der Waals surface area contributed by atoms with Crippen LogP contribution in [0.1, 0.15) is 15.9 Å². The molecule has 0 bridgehead atoms. The summed E-state index contributed by atoms with van der Waals surface area (Å²) in [6.07, 6.45) is 2.44. The number of nitrogens with zero attached hydrogens (tertiary/aromatic N) is 3. The van der Waals surface area contributed by atoms with Crippen LogP contribution in [0.25, 0.3) is 22.0 Å². The van der Waals surface area contributed by atoms with Gasteiger partial charge in [0.05, 0.1) is 11.3 Å². The van der Waals surface area contributed by atoms with Crippen LogP contribution in [0.2, 0.25) is 0 Å². The lowest BCUT2D eigenvalue weighted by molar-refractivity contribution is 0.112. The van der Waals surface area contributed by atoms with Crippen molar-refractivity contribution >= 4 is 17.1 Å². The molecule has 0 N–H and O–H groups in total. The fourth-order valence-electron chi connectivity index (χ4n) is 2.47. The largest absolute Gasteiger partial charge is 0.298 e. The summed E-state index contributed by atoms with van der Waals surface area (Å²) in [4.78, 5) is 11.4. The highest BCUT2D eigenvalue weighted by atomic mass is 16.1. The second-order valence-corrected chi connectivity index (χ2v) is 4.51. The summed E-state index contributed by atoms with van der Waals surface area (Å²) in [7, 11) is 1.79. The van der Waals surface area contributed by atoms with Gasteiger partial charge in [-0.05, 0) is 17.5 Å². The molecular weight excluding hydrogens is 250 g/mol. The van der Waals surface area contributed by atoms with Gasteiger partial charge in [0.2, 0.25) is 0 Å². The van der Waals surface area contributed by atoms with Gasteiger partial charge in [-0.2, -0.15) is 10.4 Å². The van der Waals surface area contributed by atoms with Crippen LogP contribution >= 0.6 is 0 Å². The van der Waals surface area contributed by atoms with Gasteiger partial charge in [-0.15, -0.1) is 0 Å². The third kappa shape index (κ3) is 1.69. The van der Waals surface area contributed by atoms with E-state index in [1.54, 1.807) is 24.0 Å². The zero-order valence-corrected chi connectivity index (χ0v) is 10.9. The van der Waals surface area contributed by atoms with Gasteiger partial charge in [-0.25, -0.2) is 0 Å². The van der Waals surface area contributed by atoms with Gasteiger partial charge in [0.1, 0.15) is 6.07 Å². The van der Waals surface area contributed by atoms with E-state index in [4.69, 9.17) is 0 Å². The van der Waals surface area contributed by atoms with Crippen molar-refractivity contribution in [2.24, 2.45) is 7.05 Å². The number of aromatic nitrogens is 2. The Bertz CT molecular complexity index is 856. The Labute approximate surface area is 115 Å². The van der Waals surface area contributed by atoms with E-state index in [2.05, 4.69) is 11.2 Å². The summed E-state index contributed by atoms with van der Waals surface area (Å²) in [5, 5.41) is 15.4. The second kappa shape index (κ2) is 4.63. The van der Waals surface area contributed by atoms with Gasteiger partial charge in [-0.1, -0.05) is 24.3 Å². The topological polar surface area (TPSA) is 58.7 Å². The van der Waals surface area contributed by atoms with Crippen molar-refractivity contribution in [3.63, 3.8) is 0 Å². The van der Waals surface area contributed by atoms with Gasteiger partial charge < -0.3 is 0 Å². The molecule has 0 amide bonds. The summed E-state index contributed by atoms with van der Waals surface area (Å²) >= 11 is 0. The summed E-state index contributed by atoms with van der Waals surface area (Å²) < 4.78 is 1.66. The number of aldehydes is 1. The molecule has 0 radical (unpaired) electrons. The van der Waals surface area contributed by atoms with E-state index in [0.29, 0.717) is 16.7 Å². The molecule has 0 saturated heterocycles. The first kappa shape index (κ1) is 12.1. The van der Waals surface area contributed by atoms with Gasteiger partial charge in [0.25, 0.3) is 0 Å². The van der Waals surface area contributed by atoms with Crippen molar-refractivity contribution < 1.29 is 4.79 Å². The molecule has 0 atom stereocenters. The van der Waals surface area contributed by atoms with Crippen molar-refractivity contribution in [1.29, 1.82) is 5.26 Å². The lowest BCUT2D eigenvalue weighted by Gasteiger charge is -2.11. The highest BCUT2D eigenvalue weighted by molar-refractivity contribution is 6.01. The molecule has 2 aromatic carbocycles. The fraction of sp³-hybridized carbons (Fsp3) is 0.0625. The van der Waals surface area contributed by atoms with E-state index < -0.39 is 0 Å². The molecule has 0 spiro atoms. The highest BCUT2D eigenvalue weighted by Gasteiger charge is 2.16. The number of aryl methyl sites for hydroxylation is 1. The van der Waals surface area contributed by atoms with Crippen LogP contribution < -0.4 is 0 Å². The van der Waals surface area contributed by atoms with Gasteiger partial charge >= 0.3 is 0 Å². The first-order chi connectivity index (χ1) is 9.76. The van der Waals surface area contributed by atoms with Crippen molar-refractivity contribution in [1.82, 2.24) is 9.78 Å². The predicted octanol–water partition coefficient (Wildman–Crippen LogP) is 2.92. The van der Waals surface area contributed by atoms with E-state index >= 15 is 0 Å². The summed E-state index contributed by atoms with van der Waals surface area (Å²) in [6, 6.07) is 13.4. The zero-order chi connectivity index (χ0) is 14.1. The number of carbonyl (C=O) groups is 1. The monoisotopic (exact) mass is 261 g/mol. The third-order valence-corrected chi connectivity index (χ3v) is 3.40. The van der Waals surface area contributed by atoms with Crippen molar-refractivity contribution in [2.75, 3.05) is 0 Å². The average molecular weight is 261 g/mol. The first-order valence-corrected chi connectivity index (χ1v) is 6.15. The zero-order valence-electron chi connectivity index (χ0n) is 10.9. The second-order valence-electron chi connectivity index (χ2n) is 4.51. The fourth-order valence-corrected chi connectivity index (χ4v) is 2.47. The van der Waals surface area contributed by atoms with Crippen LogP contribution in [-0.2, 0) is 7.05 Å². The molecule has 3 aromatic rings. The lowest BCUT2D eigenvalue weighted by Crippen LogP contribution is -2.00. The minimum atomic E-state index is 0.504. The standard InChI is InChI=1S/C16H11N3O/c1-19-15(6-7-18-19)16-12(10-20)8-11-4-2-3-5-13(11)14(16)9-17/h2-8,10H,1H3. The number of hydrogen-bond donors (Lipinski definition) is 0. The van der Waals surface area contributed by atoms with Crippen molar-refractivity contribution in [3.05, 3.63) is 53.7 Å². The Morgan fingerprint density at radius 2 is 2.10 bits per heavy atom. The van der Waals surface area contributed by atoms with E-state index in [-0.39, 0.29) is 0 Å². The van der Waals surface area contributed by atoms with Crippen LogP contribution in [0.15, 0.2) is 42.6 Å². The van der Waals surface area contributed by atoms with Crippen molar-refractivity contribution in [3.8, 4) is 17.3 Å².